The second-order valence-electron chi connectivity index (χ2n) is 5.41. The Labute approximate surface area is 120 Å². The van der Waals surface area contributed by atoms with Crippen LogP contribution in [-0.4, -0.2) is 16.5 Å². The number of nitrogens with one attached hydrogen (secondary N) is 1. The third-order valence-corrected chi connectivity index (χ3v) is 4.06. The highest BCUT2D eigenvalue weighted by Gasteiger charge is 2.31. The van der Waals surface area contributed by atoms with Gasteiger partial charge in [0.05, 0.1) is 0 Å². The third kappa shape index (κ3) is 2.59. The second-order valence-corrected chi connectivity index (χ2v) is 5.41. The molecule has 0 radical (unpaired) electrons. The van der Waals surface area contributed by atoms with Crippen molar-refractivity contribution in [2.45, 2.75) is 38.1 Å². The van der Waals surface area contributed by atoms with Crippen LogP contribution in [-0.2, 0) is 6.42 Å². The summed E-state index contributed by atoms with van der Waals surface area (Å²) in [5.41, 5.74) is 3.94. The number of hydrogen-bond acceptors (Lipinski definition) is 3. The molecule has 0 saturated carbocycles. The molecule has 3 rings (SSSR count). The van der Waals surface area contributed by atoms with Gasteiger partial charge in [-0.3, -0.25) is 9.97 Å². The lowest BCUT2D eigenvalue weighted by molar-refractivity contribution is 0.436. The number of nitrogens with zero attached hydrogens (tertiary/aromatic N) is 2. The number of fused-ring (bicyclic) bond motifs is 1. The average Bonchev–Trinajstić information content (AvgIpc) is 2.93. The highest BCUT2D eigenvalue weighted by molar-refractivity contribution is 5.32. The maximum absolute atomic E-state index is 4.63. The topological polar surface area (TPSA) is 37.8 Å². The first kappa shape index (κ1) is 13.3. The van der Waals surface area contributed by atoms with Gasteiger partial charge >= 0.3 is 0 Å². The Kier molecular flexibility index (Phi) is 4.07. The maximum Gasteiger partial charge on any atom is 0.0485 e. The van der Waals surface area contributed by atoms with Crippen molar-refractivity contribution in [1.82, 2.24) is 15.3 Å². The minimum absolute atomic E-state index is 0.319. The van der Waals surface area contributed by atoms with Crippen LogP contribution in [0.1, 0.15) is 48.5 Å². The van der Waals surface area contributed by atoms with Gasteiger partial charge in [-0.2, -0.15) is 0 Å². The molecule has 0 amide bonds. The first-order chi connectivity index (χ1) is 9.90. The molecule has 2 heterocycles. The van der Waals surface area contributed by atoms with E-state index in [9.17, 15) is 0 Å². The summed E-state index contributed by atoms with van der Waals surface area (Å²) in [5.74, 6) is 0.460. The summed E-state index contributed by atoms with van der Waals surface area (Å²) in [7, 11) is 0. The lowest BCUT2D eigenvalue weighted by Crippen LogP contribution is -2.27. The molecule has 2 aromatic heterocycles. The molecule has 20 heavy (non-hydrogen) atoms. The van der Waals surface area contributed by atoms with Crippen LogP contribution in [0.2, 0.25) is 0 Å². The number of hydrogen-bond donors (Lipinski definition) is 1. The maximum atomic E-state index is 4.63. The quantitative estimate of drug-likeness (QED) is 0.903. The van der Waals surface area contributed by atoms with Crippen LogP contribution >= 0.6 is 0 Å². The molecule has 2 aromatic rings. The number of rotatable bonds is 5. The van der Waals surface area contributed by atoms with E-state index in [4.69, 9.17) is 0 Å². The number of aryl methyl sites for hydroxylation is 1. The molecule has 1 aliphatic carbocycles. The molecule has 3 nitrogen and oxygen atoms in total. The summed E-state index contributed by atoms with van der Waals surface area (Å²) in [4.78, 5) is 8.92. The van der Waals surface area contributed by atoms with Gasteiger partial charge in [0, 0.05) is 36.2 Å². The van der Waals surface area contributed by atoms with Gasteiger partial charge in [0.1, 0.15) is 0 Å². The van der Waals surface area contributed by atoms with Crippen molar-refractivity contribution >= 4 is 0 Å². The van der Waals surface area contributed by atoms with E-state index in [1.54, 1.807) is 0 Å². The zero-order valence-corrected chi connectivity index (χ0v) is 11.9. The Morgan fingerprint density at radius 1 is 1.30 bits per heavy atom. The number of aromatic nitrogens is 2. The molecule has 0 bridgehead atoms. The van der Waals surface area contributed by atoms with Crippen molar-refractivity contribution in [1.29, 1.82) is 0 Å². The Balaban J connectivity index is 1.91. The van der Waals surface area contributed by atoms with E-state index in [0.717, 1.165) is 19.4 Å². The van der Waals surface area contributed by atoms with Gasteiger partial charge in [-0.25, -0.2) is 0 Å². The van der Waals surface area contributed by atoms with Crippen LogP contribution in [0, 0.1) is 0 Å². The second kappa shape index (κ2) is 6.14. The SMILES string of the molecule is CCCNC(c1cccnc1)C1CCc2cccnc21. The van der Waals surface area contributed by atoms with Crippen LogP contribution in [0.15, 0.2) is 42.9 Å². The summed E-state index contributed by atoms with van der Waals surface area (Å²) in [6, 6.07) is 8.76. The van der Waals surface area contributed by atoms with Gasteiger partial charge in [0.25, 0.3) is 0 Å². The Hall–Kier alpha value is -1.74. The van der Waals surface area contributed by atoms with Crippen LogP contribution < -0.4 is 5.32 Å². The molecule has 1 aliphatic rings. The summed E-state index contributed by atoms with van der Waals surface area (Å²) >= 11 is 0. The minimum atomic E-state index is 0.319. The fraction of sp³-hybridized carbons (Fsp3) is 0.412. The van der Waals surface area contributed by atoms with E-state index in [1.165, 1.54) is 23.2 Å². The molecular formula is C17H21N3. The first-order valence-corrected chi connectivity index (χ1v) is 7.47. The molecular weight excluding hydrogens is 246 g/mol. The van der Waals surface area contributed by atoms with Gasteiger partial charge in [-0.05, 0) is 49.1 Å². The lowest BCUT2D eigenvalue weighted by atomic mass is 9.91. The zero-order chi connectivity index (χ0) is 13.8. The molecule has 0 aromatic carbocycles. The van der Waals surface area contributed by atoms with Crippen LogP contribution in [0.3, 0.4) is 0 Å². The summed E-state index contributed by atoms with van der Waals surface area (Å²) in [6.07, 6.45) is 9.17. The molecule has 0 aliphatic heterocycles. The van der Waals surface area contributed by atoms with E-state index in [-0.39, 0.29) is 0 Å². The van der Waals surface area contributed by atoms with E-state index in [2.05, 4.69) is 34.3 Å². The van der Waals surface area contributed by atoms with Crippen molar-refractivity contribution in [2.24, 2.45) is 0 Å². The summed E-state index contributed by atoms with van der Waals surface area (Å²) < 4.78 is 0. The normalized spacial score (nSPS) is 18.8. The van der Waals surface area contributed by atoms with Crippen molar-refractivity contribution in [3.05, 3.63) is 59.7 Å². The number of pyridine rings is 2. The zero-order valence-electron chi connectivity index (χ0n) is 11.9. The smallest absolute Gasteiger partial charge is 0.0485 e. The Bertz CT molecular complexity index is 553. The minimum Gasteiger partial charge on any atom is -0.309 e. The fourth-order valence-electron chi connectivity index (χ4n) is 3.12. The van der Waals surface area contributed by atoms with Gasteiger partial charge in [-0.15, -0.1) is 0 Å². The predicted molar refractivity (Wildman–Crippen MR) is 80.6 cm³/mol. The third-order valence-electron chi connectivity index (χ3n) is 4.06. The Morgan fingerprint density at radius 2 is 2.20 bits per heavy atom. The van der Waals surface area contributed by atoms with Gasteiger partial charge < -0.3 is 5.32 Å². The molecule has 2 atom stereocenters. The van der Waals surface area contributed by atoms with Crippen molar-refractivity contribution < 1.29 is 0 Å². The molecule has 0 fully saturated rings. The molecule has 0 spiro atoms. The standard InChI is InChI=1S/C17H21N3/c1-2-9-19-17(14-6-3-10-18-12-14)15-8-7-13-5-4-11-20-16(13)15/h3-6,10-12,15,17,19H,2,7-9H2,1H3. The van der Waals surface area contributed by atoms with Crippen molar-refractivity contribution in [3.63, 3.8) is 0 Å². The monoisotopic (exact) mass is 267 g/mol. The Morgan fingerprint density at radius 3 is 3.00 bits per heavy atom. The summed E-state index contributed by atoms with van der Waals surface area (Å²) in [6.45, 7) is 3.23. The van der Waals surface area contributed by atoms with Gasteiger partial charge in [0.2, 0.25) is 0 Å². The lowest BCUT2D eigenvalue weighted by Gasteiger charge is -2.25. The van der Waals surface area contributed by atoms with Crippen LogP contribution in [0.5, 0.6) is 0 Å². The average molecular weight is 267 g/mol. The van der Waals surface area contributed by atoms with Gasteiger partial charge in [0.15, 0.2) is 0 Å². The van der Waals surface area contributed by atoms with Gasteiger partial charge in [-0.1, -0.05) is 19.1 Å². The van der Waals surface area contributed by atoms with E-state index >= 15 is 0 Å². The fourth-order valence-corrected chi connectivity index (χ4v) is 3.12. The van der Waals surface area contributed by atoms with E-state index < -0.39 is 0 Å². The van der Waals surface area contributed by atoms with Crippen LogP contribution in [0.4, 0.5) is 0 Å². The van der Waals surface area contributed by atoms with Crippen molar-refractivity contribution in [2.75, 3.05) is 6.54 Å². The largest absolute Gasteiger partial charge is 0.309 e. The summed E-state index contributed by atoms with van der Waals surface area (Å²) in [5, 5.41) is 3.69. The molecule has 3 heteroatoms. The highest BCUT2D eigenvalue weighted by atomic mass is 14.9. The molecule has 0 saturated heterocycles. The van der Waals surface area contributed by atoms with E-state index in [0.29, 0.717) is 12.0 Å². The van der Waals surface area contributed by atoms with Crippen molar-refractivity contribution in [3.8, 4) is 0 Å². The highest BCUT2D eigenvalue weighted by Crippen LogP contribution is 2.40. The molecule has 1 N–H and O–H groups in total. The molecule has 104 valence electrons. The molecule has 2 unspecified atom stereocenters. The van der Waals surface area contributed by atoms with Crippen LogP contribution in [0.25, 0.3) is 0 Å². The first-order valence-electron chi connectivity index (χ1n) is 7.47. The van der Waals surface area contributed by atoms with E-state index in [1.807, 2.05) is 30.7 Å². The predicted octanol–water partition coefficient (Wildman–Crippen LogP) is 3.25.